The van der Waals surface area contributed by atoms with Crippen molar-refractivity contribution in [1.29, 1.82) is 0 Å². The predicted molar refractivity (Wildman–Crippen MR) is 70.7 cm³/mol. The molecule has 0 aliphatic carbocycles. The van der Waals surface area contributed by atoms with Crippen LogP contribution in [0.5, 0.6) is 0 Å². The van der Waals surface area contributed by atoms with Gasteiger partial charge in [-0.2, -0.15) is 0 Å². The first-order valence-electron chi connectivity index (χ1n) is 5.96. The third-order valence-corrected chi connectivity index (χ3v) is 2.86. The topological polar surface area (TPSA) is 75.3 Å². The maximum atomic E-state index is 10.1. The standard InChI is InChI=1S/C13H13N5O/c19-11(10-4-2-1-3-5-10)8-15-12-13-17-16-9-18(13)7-6-14-12/h1-7,9,11,19H,8H2,(H,14,15). The summed E-state index contributed by atoms with van der Waals surface area (Å²) in [4.78, 5) is 4.20. The molecule has 96 valence electrons. The molecular formula is C13H13N5O. The number of nitrogens with one attached hydrogen (secondary N) is 1. The van der Waals surface area contributed by atoms with E-state index in [-0.39, 0.29) is 0 Å². The van der Waals surface area contributed by atoms with Gasteiger partial charge >= 0.3 is 0 Å². The van der Waals surface area contributed by atoms with Crippen molar-refractivity contribution >= 4 is 11.5 Å². The van der Waals surface area contributed by atoms with Crippen LogP contribution in [-0.4, -0.2) is 31.2 Å². The summed E-state index contributed by atoms with van der Waals surface area (Å²) in [6.07, 6.45) is 4.45. The molecule has 0 saturated heterocycles. The first kappa shape index (κ1) is 11.6. The van der Waals surface area contributed by atoms with Gasteiger partial charge in [0.15, 0.2) is 5.82 Å². The molecule has 2 N–H and O–H groups in total. The average molecular weight is 255 g/mol. The summed E-state index contributed by atoms with van der Waals surface area (Å²) in [5.41, 5.74) is 1.51. The van der Waals surface area contributed by atoms with Gasteiger partial charge in [0.25, 0.3) is 0 Å². The minimum Gasteiger partial charge on any atom is -0.387 e. The second-order valence-corrected chi connectivity index (χ2v) is 4.15. The molecule has 1 atom stereocenters. The summed E-state index contributed by atoms with van der Waals surface area (Å²) in [5.74, 6) is 0.606. The highest BCUT2D eigenvalue weighted by molar-refractivity contribution is 5.61. The fraction of sp³-hybridized carbons (Fsp3) is 0.154. The number of hydrogen-bond donors (Lipinski definition) is 2. The summed E-state index contributed by atoms with van der Waals surface area (Å²) < 4.78 is 1.77. The van der Waals surface area contributed by atoms with Crippen LogP contribution < -0.4 is 5.32 Å². The zero-order chi connectivity index (χ0) is 13.1. The monoisotopic (exact) mass is 255 g/mol. The summed E-state index contributed by atoms with van der Waals surface area (Å²) >= 11 is 0. The molecule has 0 aliphatic rings. The highest BCUT2D eigenvalue weighted by atomic mass is 16.3. The Bertz CT molecular complexity index is 667. The third kappa shape index (κ3) is 2.38. The fourth-order valence-electron chi connectivity index (χ4n) is 1.87. The van der Waals surface area contributed by atoms with Gasteiger partial charge in [-0.1, -0.05) is 30.3 Å². The average Bonchev–Trinajstić information content (AvgIpc) is 2.94. The molecule has 0 saturated carbocycles. The van der Waals surface area contributed by atoms with Gasteiger partial charge in [0.1, 0.15) is 6.33 Å². The van der Waals surface area contributed by atoms with Gasteiger partial charge in [-0.25, -0.2) is 4.98 Å². The molecule has 1 aromatic carbocycles. The van der Waals surface area contributed by atoms with Gasteiger partial charge in [-0.05, 0) is 5.56 Å². The summed E-state index contributed by atoms with van der Waals surface area (Å²) in [6, 6.07) is 9.49. The van der Waals surface area contributed by atoms with E-state index >= 15 is 0 Å². The maximum absolute atomic E-state index is 10.1. The number of rotatable bonds is 4. The zero-order valence-electron chi connectivity index (χ0n) is 10.1. The van der Waals surface area contributed by atoms with Crippen molar-refractivity contribution in [2.24, 2.45) is 0 Å². The van der Waals surface area contributed by atoms with Crippen molar-refractivity contribution in [1.82, 2.24) is 19.6 Å². The molecule has 0 aliphatic heterocycles. The van der Waals surface area contributed by atoms with Gasteiger partial charge in [0.2, 0.25) is 5.65 Å². The van der Waals surface area contributed by atoms with Crippen LogP contribution in [0.2, 0.25) is 0 Å². The quantitative estimate of drug-likeness (QED) is 0.734. The van der Waals surface area contributed by atoms with Gasteiger partial charge in [0.05, 0.1) is 6.10 Å². The smallest absolute Gasteiger partial charge is 0.203 e. The first-order valence-corrected chi connectivity index (χ1v) is 5.96. The van der Waals surface area contributed by atoms with E-state index in [0.29, 0.717) is 18.0 Å². The van der Waals surface area contributed by atoms with E-state index in [2.05, 4.69) is 20.5 Å². The minimum absolute atomic E-state index is 0.365. The Morgan fingerprint density at radius 1 is 1.26 bits per heavy atom. The molecule has 19 heavy (non-hydrogen) atoms. The van der Waals surface area contributed by atoms with Crippen LogP contribution in [0, 0.1) is 0 Å². The van der Waals surface area contributed by atoms with Crippen molar-refractivity contribution < 1.29 is 5.11 Å². The van der Waals surface area contributed by atoms with Crippen molar-refractivity contribution in [3.8, 4) is 0 Å². The van der Waals surface area contributed by atoms with Crippen molar-refractivity contribution in [2.45, 2.75) is 6.10 Å². The molecular weight excluding hydrogens is 242 g/mol. The molecule has 3 aromatic rings. The number of aliphatic hydroxyl groups is 1. The Balaban J connectivity index is 1.74. The lowest BCUT2D eigenvalue weighted by molar-refractivity contribution is 0.191. The second-order valence-electron chi connectivity index (χ2n) is 4.15. The Labute approximate surface area is 109 Å². The number of aliphatic hydroxyl groups excluding tert-OH is 1. The van der Waals surface area contributed by atoms with E-state index in [4.69, 9.17) is 0 Å². The summed E-state index contributed by atoms with van der Waals surface area (Å²) in [6.45, 7) is 0.365. The van der Waals surface area contributed by atoms with Crippen LogP contribution >= 0.6 is 0 Å². The first-order chi connectivity index (χ1) is 9.34. The lowest BCUT2D eigenvalue weighted by Crippen LogP contribution is -2.13. The van der Waals surface area contributed by atoms with E-state index in [1.165, 1.54) is 0 Å². The summed E-state index contributed by atoms with van der Waals surface area (Å²) in [5, 5.41) is 21.0. The molecule has 0 spiro atoms. The largest absolute Gasteiger partial charge is 0.387 e. The van der Waals surface area contributed by atoms with Crippen molar-refractivity contribution in [3.63, 3.8) is 0 Å². The lowest BCUT2D eigenvalue weighted by Gasteiger charge is -2.12. The van der Waals surface area contributed by atoms with Crippen LogP contribution in [0.3, 0.4) is 0 Å². The predicted octanol–water partition coefficient (Wildman–Crippen LogP) is 1.27. The number of hydrogen-bond acceptors (Lipinski definition) is 5. The van der Waals surface area contributed by atoms with E-state index in [1.807, 2.05) is 30.3 Å². The third-order valence-electron chi connectivity index (χ3n) is 2.86. The van der Waals surface area contributed by atoms with E-state index in [0.717, 1.165) is 5.56 Å². The van der Waals surface area contributed by atoms with Gasteiger partial charge in [-0.15, -0.1) is 10.2 Å². The van der Waals surface area contributed by atoms with E-state index < -0.39 is 6.10 Å². The normalized spacial score (nSPS) is 12.5. The number of nitrogens with zero attached hydrogens (tertiary/aromatic N) is 4. The molecule has 6 nitrogen and oxygen atoms in total. The molecule has 0 bridgehead atoms. The van der Waals surface area contributed by atoms with Gasteiger partial charge in [0, 0.05) is 18.9 Å². The maximum Gasteiger partial charge on any atom is 0.203 e. The van der Waals surface area contributed by atoms with Crippen molar-refractivity contribution in [3.05, 3.63) is 54.6 Å². The Kier molecular flexibility index (Phi) is 3.07. The summed E-state index contributed by atoms with van der Waals surface area (Å²) in [7, 11) is 0. The van der Waals surface area contributed by atoms with E-state index in [9.17, 15) is 5.11 Å². The van der Waals surface area contributed by atoms with E-state index in [1.54, 1.807) is 23.1 Å². The zero-order valence-corrected chi connectivity index (χ0v) is 10.1. The van der Waals surface area contributed by atoms with Gasteiger partial charge in [-0.3, -0.25) is 4.40 Å². The molecule has 6 heteroatoms. The molecule has 2 heterocycles. The molecule has 0 amide bonds. The Morgan fingerprint density at radius 3 is 2.95 bits per heavy atom. The lowest BCUT2D eigenvalue weighted by atomic mass is 10.1. The van der Waals surface area contributed by atoms with Crippen LogP contribution in [0.15, 0.2) is 49.1 Å². The number of anilines is 1. The van der Waals surface area contributed by atoms with Crippen LogP contribution in [0.4, 0.5) is 5.82 Å². The Morgan fingerprint density at radius 2 is 2.11 bits per heavy atom. The van der Waals surface area contributed by atoms with Crippen molar-refractivity contribution in [2.75, 3.05) is 11.9 Å². The van der Waals surface area contributed by atoms with Crippen LogP contribution in [0.1, 0.15) is 11.7 Å². The minimum atomic E-state index is -0.592. The number of aromatic nitrogens is 4. The number of fused-ring (bicyclic) bond motifs is 1. The molecule has 3 rings (SSSR count). The number of benzene rings is 1. The molecule has 0 fully saturated rings. The Hall–Kier alpha value is -2.47. The molecule has 2 aromatic heterocycles. The van der Waals surface area contributed by atoms with Gasteiger partial charge < -0.3 is 10.4 Å². The second kappa shape index (κ2) is 5.03. The highest BCUT2D eigenvalue weighted by Gasteiger charge is 2.09. The van der Waals surface area contributed by atoms with Crippen LogP contribution in [-0.2, 0) is 0 Å². The molecule has 1 unspecified atom stereocenters. The highest BCUT2D eigenvalue weighted by Crippen LogP contribution is 2.15. The fourth-order valence-corrected chi connectivity index (χ4v) is 1.87. The van der Waals surface area contributed by atoms with Crippen LogP contribution in [0.25, 0.3) is 5.65 Å². The molecule has 0 radical (unpaired) electrons. The SMILES string of the molecule is OC(CNc1nccn2cnnc12)c1ccccc1.